The zero-order valence-electron chi connectivity index (χ0n) is 9.11. The van der Waals surface area contributed by atoms with Gasteiger partial charge in [0.05, 0.1) is 0 Å². The molecule has 1 aromatic carbocycles. The molecule has 2 unspecified atom stereocenters. The van der Waals surface area contributed by atoms with Crippen LogP contribution >= 0.6 is 0 Å². The average Bonchev–Trinajstić information content (AvgIpc) is 2.35. The van der Waals surface area contributed by atoms with Crippen molar-refractivity contribution in [3.63, 3.8) is 0 Å². The largest absolute Gasteiger partial charge is 0.456 e. The van der Waals surface area contributed by atoms with Gasteiger partial charge in [0.25, 0.3) is 5.79 Å². The lowest BCUT2D eigenvalue weighted by molar-refractivity contribution is -0.600. The summed E-state index contributed by atoms with van der Waals surface area (Å²) in [4.78, 5) is 10.6. The van der Waals surface area contributed by atoms with Crippen molar-refractivity contribution in [3.05, 3.63) is 29.8 Å². The van der Waals surface area contributed by atoms with Crippen molar-refractivity contribution in [3.8, 4) is 5.75 Å². The van der Waals surface area contributed by atoms with Gasteiger partial charge in [-0.15, -0.1) is 0 Å². The summed E-state index contributed by atoms with van der Waals surface area (Å²) in [6.07, 6.45) is 0. The molecule has 1 saturated heterocycles. The molecule has 1 aromatic rings. The summed E-state index contributed by atoms with van der Waals surface area (Å²) in [5, 5.41) is 0. The molecule has 80 valence electrons. The Balaban J connectivity index is 2.21. The van der Waals surface area contributed by atoms with Crippen LogP contribution in [0.15, 0.2) is 24.3 Å². The summed E-state index contributed by atoms with van der Waals surface area (Å²) >= 11 is 0. The topological polar surface area (TPSA) is 27.7 Å². The first-order valence-corrected chi connectivity index (χ1v) is 5.25. The Bertz CT molecular complexity index is 415. The minimum atomic E-state index is -0.662. The SMILES string of the molecule is CC(C)C12OOC1(C)Oc1ccccc12. The molecule has 2 aliphatic heterocycles. The highest BCUT2D eigenvalue weighted by Crippen LogP contribution is 2.60. The predicted octanol–water partition coefficient (Wildman–Crippen LogP) is 2.61. The van der Waals surface area contributed by atoms with E-state index in [-0.39, 0.29) is 0 Å². The maximum absolute atomic E-state index is 5.81. The molecular weight excluding hydrogens is 192 g/mol. The van der Waals surface area contributed by atoms with Gasteiger partial charge in [-0.25, -0.2) is 4.89 Å². The van der Waals surface area contributed by atoms with Crippen LogP contribution in [-0.4, -0.2) is 5.79 Å². The van der Waals surface area contributed by atoms with Gasteiger partial charge in [0.15, 0.2) is 0 Å². The van der Waals surface area contributed by atoms with Crippen LogP contribution < -0.4 is 4.74 Å². The van der Waals surface area contributed by atoms with Crippen molar-refractivity contribution in [1.29, 1.82) is 0 Å². The highest BCUT2D eigenvalue weighted by atomic mass is 17.3. The van der Waals surface area contributed by atoms with Gasteiger partial charge < -0.3 is 4.74 Å². The van der Waals surface area contributed by atoms with E-state index in [9.17, 15) is 0 Å². The van der Waals surface area contributed by atoms with Crippen LogP contribution in [0.1, 0.15) is 26.3 Å². The molecule has 0 aromatic heterocycles. The smallest absolute Gasteiger partial charge is 0.274 e. The van der Waals surface area contributed by atoms with E-state index in [4.69, 9.17) is 14.5 Å². The molecule has 1 fully saturated rings. The van der Waals surface area contributed by atoms with Gasteiger partial charge in [0.2, 0.25) is 5.60 Å². The molecule has 0 saturated carbocycles. The lowest BCUT2D eigenvalue weighted by Gasteiger charge is -2.50. The molecule has 0 spiro atoms. The molecule has 3 nitrogen and oxygen atoms in total. The van der Waals surface area contributed by atoms with Crippen LogP contribution in [0.2, 0.25) is 0 Å². The Labute approximate surface area is 88.9 Å². The van der Waals surface area contributed by atoms with Crippen molar-refractivity contribution in [2.75, 3.05) is 0 Å². The van der Waals surface area contributed by atoms with Crippen LogP contribution in [0.4, 0.5) is 0 Å². The van der Waals surface area contributed by atoms with Gasteiger partial charge in [0, 0.05) is 12.5 Å². The monoisotopic (exact) mass is 206 g/mol. The standard InChI is InChI=1S/C12H14O3/c1-8(2)12-9-6-4-5-7-10(9)13-11(12,3)14-15-12/h4-8H,1-3H3. The molecule has 3 rings (SSSR count). The van der Waals surface area contributed by atoms with Crippen LogP contribution in [0, 0.1) is 5.92 Å². The van der Waals surface area contributed by atoms with E-state index in [2.05, 4.69) is 13.8 Å². The van der Waals surface area contributed by atoms with Gasteiger partial charge in [-0.2, -0.15) is 4.89 Å². The fourth-order valence-corrected chi connectivity index (χ4v) is 2.64. The Kier molecular flexibility index (Phi) is 1.56. The molecule has 2 atom stereocenters. The summed E-state index contributed by atoms with van der Waals surface area (Å²) in [6, 6.07) is 7.96. The molecule has 3 heteroatoms. The Morgan fingerprint density at radius 3 is 2.47 bits per heavy atom. The van der Waals surface area contributed by atoms with E-state index in [1.54, 1.807) is 0 Å². The van der Waals surface area contributed by atoms with Gasteiger partial charge in [-0.1, -0.05) is 32.0 Å². The highest BCUT2D eigenvalue weighted by molar-refractivity contribution is 5.45. The zero-order valence-corrected chi connectivity index (χ0v) is 9.11. The fraction of sp³-hybridized carbons (Fsp3) is 0.500. The molecular formula is C12H14O3. The van der Waals surface area contributed by atoms with E-state index < -0.39 is 11.4 Å². The molecule has 0 amide bonds. The van der Waals surface area contributed by atoms with E-state index >= 15 is 0 Å². The molecule has 0 aliphatic carbocycles. The molecule has 2 heterocycles. The van der Waals surface area contributed by atoms with Crippen LogP contribution in [0.3, 0.4) is 0 Å². The summed E-state index contributed by atoms with van der Waals surface area (Å²) < 4.78 is 5.81. The second kappa shape index (κ2) is 2.54. The van der Waals surface area contributed by atoms with E-state index in [1.165, 1.54) is 0 Å². The number of benzene rings is 1. The Hall–Kier alpha value is -1.06. The minimum Gasteiger partial charge on any atom is -0.456 e. The molecule has 2 aliphatic rings. The normalized spacial score (nSPS) is 36.8. The van der Waals surface area contributed by atoms with Crippen LogP contribution in [-0.2, 0) is 15.4 Å². The third-order valence-corrected chi connectivity index (χ3v) is 3.41. The number of fused-ring (bicyclic) bond motifs is 3. The Morgan fingerprint density at radius 2 is 1.87 bits per heavy atom. The van der Waals surface area contributed by atoms with E-state index in [0.717, 1.165) is 11.3 Å². The van der Waals surface area contributed by atoms with Gasteiger partial charge in [-0.3, -0.25) is 0 Å². The highest BCUT2D eigenvalue weighted by Gasteiger charge is 2.71. The van der Waals surface area contributed by atoms with Gasteiger partial charge >= 0.3 is 0 Å². The molecule has 0 bridgehead atoms. The first-order chi connectivity index (χ1) is 7.10. The number of hydrogen-bond acceptors (Lipinski definition) is 3. The van der Waals surface area contributed by atoms with Crippen LogP contribution in [0.25, 0.3) is 0 Å². The predicted molar refractivity (Wildman–Crippen MR) is 54.2 cm³/mol. The molecule has 0 N–H and O–H groups in total. The second-order valence-corrected chi connectivity index (χ2v) is 4.60. The maximum atomic E-state index is 5.81. The third kappa shape index (κ3) is 0.840. The summed E-state index contributed by atoms with van der Waals surface area (Å²) in [5.41, 5.74) is 0.651. The number of para-hydroxylation sites is 1. The quantitative estimate of drug-likeness (QED) is 0.661. The van der Waals surface area contributed by atoms with Crippen molar-refractivity contribution in [2.45, 2.75) is 32.2 Å². The minimum absolute atomic E-state index is 0.305. The maximum Gasteiger partial charge on any atom is 0.274 e. The number of rotatable bonds is 1. The number of hydrogen-bond donors (Lipinski definition) is 0. The summed E-state index contributed by atoms with van der Waals surface area (Å²) in [5.74, 6) is 0.510. The molecule has 15 heavy (non-hydrogen) atoms. The van der Waals surface area contributed by atoms with Gasteiger partial charge in [-0.05, 0) is 12.0 Å². The molecule has 0 radical (unpaired) electrons. The average molecular weight is 206 g/mol. The first-order valence-electron chi connectivity index (χ1n) is 5.25. The van der Waals surface area contributed by atoms with E-state index in [0.29, 0.717) is 5.92 Å². The third-order valence-electron chi connectivity index (χ3n) is 3.41. The summed E-state index contributed by atoms with van der Waals surface area (Å²) in [6.45, 7) is 6.16. The Morgan fingerprint density at radius 1 is 1.13 bits per heavy atom. The van der Waals surface area contributed by atoms with Crippen molar-refractivity contribution < 1.29 is 14.5 Å². The van der Waals surface area contributed by atoms with Gasteiger partial charge in [0.1, 0.15) is 5.75 Å². The van der Waals surface area contributed by atoms with Crippen molar-refractivity contribution in [1.82, 2.24) is 0 Å². The summed E-state index contributed by atoms with van der Waals surface area (Å²) in [7, 11) is 0. The van der Waals surface area contributed by atoms with E-state index in [1.807, 2.05) is 31.2 Å². The lowest BCUT2D eigenvalue weighted by Crippen LogP contribution is -2.65. The fourth-order valence-electron chi connectivity index (χ4n) is 2.64. The van der Waals surface area contributed by atoms with Crippen molar-refractivity contribution >= 4 is 0 Å². The second-order valence-electron chi connectivity index (χ2n) is 4.60. The van der Waals surface area contributed by atoms with Crippen LogP contribution in [0.5, 0.6) is 5.75 Å². The van der Waals surface area contributed by atoms with Crippen molar-refractivity contribution in [2.24, 2.45) is 5.92 Å². The zero-order chi connectivity index (χ0) is 10.7. The lowest BCUT2D eigenvalue weighted by atomic mass is 9.77. The number of ether oxygens (including phenoxy) is 1. The first kappa shape index (κ1) is 9.19.